The first-order valence-corrected chi connectivity index (χ1v) is 9.26. The number of halogens is 3. The third-order valence-corrected chi connectivity index (χ3v) is 4.30. The van der Waals surface area contributed by atoms with E-state index < -0.39 is 11.7 Å². The maximum Gasteiger partial charge on any atom is 0.421 e. The van der Waals surface area contributed by atoms with Crippen LogP contribution in [0.5, 0.6) is 6.01 Å². The minimum atomic E-state index is -4.55. The van der Waals surface area contributed by atoms with E-state index in [1.54, 1.807) is 13.1 Å². The van der Waals surface area contributed by atoms with Crippen LogP contribution in [0, 0.1) is 0 Å². The molecule has 0 unspecified atom stereocenters. The molecule has 4 nitrogen and oxygen atoms in total. The van der Waals surface area contributed by atoms with Gasteiger partial charge in [0.1, 0.15) is 5.56 Å². The van der Waals surface area contributed by atoms with Gasteiger partial charge < -0.3 is 9.64 Å². The van der Waals surface area contributed by atoms with Gasteiger partial charge in [0, 0.05) is 18.9 Å². The van der Waals surface area contributed by atoms with Crippen molar-refractivity contribution in [2.45, 2.75) is 52.1 Å². The van der Waals surface area contributed by atoms with Crippen LogP contribution in [0.2, 0.25) is 0 Å². The van der Waals surface area contributed by atoms with Gasteiger partial charge in [0.25, 0.3) is 0 Å². The smallest absolute Gasteiger partial charge is 0.421 e. The Hall–Kier alpha value is -2.31. The third-order valence-electron chi connectivity index (χ3n) is 4.30. The van der Waals surface area contributed by atoms with Gasteiger partial charge in [0.15, 0.2) is 5.82 Å². The average molecular weight is 381 g/mol. The number of anilines is 2. The van der Waals surface area contributed by atoms with Crippen LogP contribution in [0.3, 0.4) is 0 Å². The van der Waals surface area contributed by atoms with Gasteiger partial charge in [-0.15, -0.1) is 0 Å². The first kappa shape index (κ1) is 21.0. The highest BCUT2D eigenvalue weighted by Gasteiger charge is 2.36. The summed E-state index contributed by atoms with van der Waals surface area (Å²) < 4.78 is 45.8. The lowest BCUT2D eigenvalue weighted by atomic mass is 10.1. The molecule has 0 fully saturated rings. The Morgan fingerprint density at radius 2 is 1.89 bits per heavy atom. The lowest BCUT2D eigenvalue weighted by Gasteiger charge is -2.23. The summed E-state index contributed by atoms with van der Waals surface area (Å²) in [5.74, 6) is -0.214. The van der Waals surface area contributed by atoms with E-state index in [9.17, 15) is 13.2 Å². The van der Waals surface area contributed by atoms with E-state index in [4.69, 9.17) is 4.74 Å². The average Bonchev–Trinajstić information content (AvgIpc) is 2.66. The number of benzene rings is 1. The van der Waals surface area contributed by atoms with Crippen LogP contribution in [0.4, 0.5) is 24.7 Å². The van der Waals surface area contributed by atoms with E-state index in [0.29, 0.717) is 12.3 Å². The molecular formula is C20H26F3N3O. The summed E-state index contributed by atoms with van der Waals surface area (Å²) in [5.41, 5.74) is 0.784. The summed E-state index contributed by atoms with van der Waals surface area (Å²) in [6, 6.07) is 7.34. The normalized spacial score (nSPS) is 11.5. The van der Waals surface area contributed by atoms with Crippen molar-refractivity contribution in [1.82, 2.24) is 9.97 Å². The third kappa shape index (κ3) is 5.84. The quantitative estimate of drug-likeness (QED) is 0.516. The van der Waals surface area contributed by atoms with Gasteiger partial charge in [-0.3, -0.25) is 0 Å². The molecule has 0 radical (unpaired) electrons. The van der Waals surface area contributed by atoms with Crippen molar-refractivity contribution in [2.75, 3.05) is 18.6 Å². The van der Waals surface area contributed by atoms with E-state index in [1.807, 2.05) is 25.1 Å². The van der Waals surface area contributed by atoms with Crippen molar-refractivity contribution < 1.29 is 17.9 Å². The van der Waals surface area contributed by atoms with E-state index in [2.05, 4.69) is 16.9 Å². The maximum atomic E-state index is 13.4. The summed E-state index contributed by atoms with van der Waals surface area (Å²) in [7, 11) is 1.57. The number of alkyl halides is 3. The molecule has 0 saturated heterocycles. The molecule has 0 aliphatic carbocycles. The standard InChI is InChI=1S/C20H26F3N3O/c1-4-6-7-8-12-27-19-24-14-17(20(21,22)23)18(25-19)26(3)16-11-9-10-15(5-2)13-16/h9-11,13-14H,4-8,12H2,1-3H3. The summed E-state index contributed by atoms with van der Waals surface area (Å²) in [6.07, 6.45) is 1.07. The van der Waals surface area contributed by atoms with E-state index >= 15 is 0 Å². The summed E-state index contributed by atoms with van der Waals surface area (Å²) in [5, 5.41) is 0. The minimum Gasteiger partial charge on any atom is -0.463 e. The van der Waals surface area contributed by atoms with Crippen LogP contribution in [0.15, 0.2) is 30.5 Å². The fourth-order valence-corrected chi connectivity index (χ4v) is 2.68. The first-order chi connectivity index (χ1) is 12.9. The monoisotopic (exact) mass is 381 g/mol. The molecule has 0 aliphatic heterocycles. The Morgan fingerprint density at radius 3 is 2.56 bits per heavy atom. The zero-order valence-electron chi connectivity index (χ0n) is 16.0. The Bertz CT molecular complexity index is 735. The van der Waals surface area contributed by atoms with Crippen LogP contribution >= 0.6 is 0 Å². The topological polar surface area (TPSA) is 38.2 Å². The number of unbranched alkanes of at least 4 members (excludes halogenated alkanes) is 3. The SMILES string of the molecule is CCCCCCOc1ncc(C(F)(F)F)c(N(C)c2cccc(CC)c2)n1. The van der Waals surface area contributed by atoms with Crippen molar-refractivity contribution in [1.29, 1.82) is 0 Å². The van der Waals surface area contributed by atoms with Gasteiger partial charge in [0.2, 0.25) is 0 Å². The summed E-state index contributed by atoms with van der Waals surface area (Å²) >= 11 is 0. The van der Waals surface area contributed by atoms with Crippen LogP contribution < -0.4 is 9.64 Å². The molecule has 2 rings (SSSR count). The van der Waals surface area contributed by atoms with Crippen LogP contribution in [-0.2, 0) is 12.6 Å². The van der Waals surface area contributed by atoms with Crippen LogP contribution in [0.25, 0.3) is 0 Å². The second-order valence-electron chi connectivity index (χ2n) is 6.38. The molecule has 27 heavy (non-hydrogen) atoms. The van der Waals surface area contributed by atoms with Gasteiger partial charge in [-0.05, 0) is 30.5 Å². The second kappa shape index (κ2) is 9.58. The van der Waals surface area contributed by atoms with Gasteiger partial charge in [-0.2, -0.15) is 18.2 Å². The van der Waals surface area contributed by atoms with Crippen LogP contribution in [-0.4, -0.2) is 23.6 Å². The Morgan fingerprint density at radius 1 is 1.11 bits per heavy atom. The van der Waals surface area contributed by atoms with Crippen molar-refractivity contribution >= 4 is 11.5 Å². The predicted octanol–water partition coefficient (Wildman–Crippen LogP) is 5.78. The Balaban J connectivity index is 2.28. The molecule has 1 aromatic carbocycles. The van der Waals surface area contributed by atoms with Gasteiger partial charge in [0.05, 0.1) is 6.61 Å². The highest BCUT2D eigenvalue weighted by molar-refractivity contribution is 5.63. The Kier molecular flexibility index (Phi) is 7.45. The van der Waals surface area contributed by atoms with Crippen LogP contribution in [0.1, 0.15) is 50.7 Å². The molecule has 0 saturated carbocycles. The number of hydrogen-bond acceptors (Lipinski definition) is 4. The number of nitrogens with zero attached hydrogens (tertiary/aromatic N) is 3. The van der Waals surface area contributed by atoms with Gasteiger partial charge in [-0.1, -0.05) is 45.2 Å². The Labute approximate surface area is 158 Å². The van der Waals surface area contributed by atoms with E-state index in [-0.39, 0.29) is 11.8 Å². The molecule has 1 aromatic heterocycles. The highest BCUT2D eigenvalue weighted by atomic mass is 19.4. The lowest BCUT2D eigenvalue weighted by molar-refractivity contribution is -0.137. The predicted molar refractivity (Wildman–Crippen MR) is 101 cm³/mol. The molecule has 0 amide bonds. The fourth-order valence-electron chi connectivity index (χ4n) is 2.68. The minimum absolute atomic E-state index is 0.0343. The molecule has 0 bridgehead atoms. The van der Waals surface area contributed by atoms with Crippen molar-refractivity contribution in [3.63, 3.8) is 0 Å². The van der Waals surface area contributed by atoms with Gasteiger partial charge in [-0.25, -0.2) is 4.98 Å². The summed E-state index contributed by atoms with van der Waals surface area (Å²) in [4.78, 5) is 9.24. The van der Waals surface area contributed by atoms with Gasteiger partial charge >= 0.3 is 12.2 Å². The molecule has 1 heterocycles. The van der Waals surface area contributed by atoms with Crippen molar-refractivity contribution in [2.24, 2.45) is 0 Å². The molecule has 0 spiro atoms. The number of ether oxygens (including phenoxy) is 1. The molecule has 2 aromatic rings. The first-order valence-electron chi connectivity index (χ1n) is 9.26. The zero-order valence-corrected chi connectivity index (χ0v) is 16.0. The molecule has 148 valence electrons. The number of aryl methyl sites for hydroxylation is 1. The molecular weight excluding hydrogens is 355 g/mol. The molecule has 0 aliphatic rings. The summed E-state index contributed by atoms with van der Waals surface area (Å²) in [6.45, 7) is 4.49. The van der Waals surface area contributed by atoms with E-state index in [1.165, 1.54) is 4.90 Å². The lowest BCUT2D eigenvalue weighted by Crippen LogP contribution is -2.19. The maximum absolute atomic E-state index is 13.4. The van der Waals surface area contributed by atoms with Crippen molar-refractivity contribution in [3.8, 4) is 6.01 Å². The van der Waals surface area contributed by atoms with E-state index in [0.717, 1.165) is 43.9 Å². The molecule has 0 atom stereocenters. The number of hydrogen-bond donors (Lipinski definition) is 0. The number of rotatable bonds is 9. The molecule has 0 N–H and O–H groups in total. The highest BCUT2D eigenvalue weighted by Crippen LogP contribution is 2.37. The largest absolute Gasteiger partial charge is 0.463 e. The fraction of sp³-hybridized carbons (Fsp3) is 0.500. The zero-order chi connectivity index (χ0) is 19.9. The second-order valence-corrected chi connectivity index (χ2v) is 6.38. The molecule has 7 heteroatoms. The van der Waals surface area contributed by atoms with Crippen molar-refractivity contribution in [3.05, 3.63) is 41.6 Å². The number of aromatic nitrogens is 2.